The van der Waals surface area contributed by atoms with Crippen LogP contribution in [-0.2, 0) is 0 Å². The molecule has 2 aromatic rings. The van der Waals surface area contributed by atoms with E-state index in [1.54, 1.807) is 12.3 Å². The molecule has 13 heavy (non-hydrogen) atoms. The van der Waals surface area contributed by atoms with Gasteiger partial charge in [-0.2, -0.15) is 0 Å². The second kappa shape index (κ2) is 2.85. The number of fused-ring (bicyclic) bond motifs is 1. The summed E-state index contributed by atoms with van der Waals surface area (Å²) >= 11 is 3.04. The number of nitrogens with zero attached hydrogens (tertiary/aromatic N) is 1. The van der Waals surface area contributed by atoms with Crippen molar-refractivity contribution in [1.82, 2.24) is 4.98 Å². The monoisotopic (exact) mass is 240 g/mol. The number of anilines is 1. The average Bonchev–Trinajstić information content (AvgIpc) is 2.15. The number of halogens is 1. The molecular weight excluding hydrogens is 236 g/mol. The largest absolute Gasteiger partial charge is 0.439 e. The minimum absolute atomic E-state index is 0.0868. The van der Waals surface area contributed by atoms with E-state index in [1.807, 2.05) is 0 Å². The third-order valence-electron chi connectivity index (χ3n) is 1.66. The van der Waals surface area contributed by atoms with Crippen LogP contribution in [-0.4, -0.2) is 4.98 Å². The van der Waals surface area contributed by atoms with Crippen LogP contribution in [0, 0.1) is 0 Å². The summed E-state index contributed by atoms with van der Waals surface area (Å²) in [4.78, 5) is 15.3. The van der Waals surface area contributed by atoms with E-state index < -0.39 is 0 Å². The molecule has 0 aromatic carbocycles. The zero-order chi connectivity index (χ0) is 9.42. The van der Waals surface area contributed by atoms with Crippen molar-refractivity contribution < 1.29 is 4.42 Å². The molecule has 0 bridgehead atoms. The van der Waals surface area contributed by atoms with E-state index in [0.717, 1.165) is 0 Å². The third kappa shape index (κ3) is 1.21. The topological polar surface area (TPSA) is 69.1 Å². The number of aromatic nitrogens is 1. The van der Waals surface area contributed by atoms with Crippen LogP contribution in [0.15, 0.2) is 32.1 Å². The molecule has 0 spiro atoms. The molecule has 2 heterocycles. The Bertz CT molecular complexity index is 521. The van der Waals surface area contributed by atoms with Crippen molar-refractivity contribution in [3.63, 3.8) is 0 Å². The number of hydrogen-bond donors (Lipinski definition) is 1. The summed E-state index contributed by atoms with van der Waals surface area (Å²) in [6, 6.07) is 1.60. The Morgan fingerprint density at radius 2 is 2.31 bits per heavy atom. The smallest absolute Gasteiger partial charge is 0.210 e. The molecule has 0 atom stereocenters. The van der Waals surface area contributed by atoms with Crippen LogP contribution in [0.25, 0.3) is 11.0 Å². The Balaban J connectivity index is 3.03. The maximum Gasteiger partial charge on any atom is 0.210 e. The molecule has 0 saturated carbocycles. The van der Waals surface area contributed by atoms with Gasteiger partial charge in [0.15, 0.2) is 0 Å². The number of pyridine rings is 1. The number of nitrogens with two attached hydrogens (primary N) is 1. The minimum Gasteiger partial charge on any atom is -0.439 e. The van der Waals surface area contributed by atoms with Crippen LogP contribution >= 0.6 is 15.9 Å². The standard InChI is InChI=1S/C8H5BrN2O2/c9-6-7(12)4-3-11-2-1-5(4)13-8(6)10/h1-3H,10H2. The van der Waals surface area contributed by atoms with Gasteiger partial charge in [-0.05, 0) is 22.0 Å². The molecule has 66 valence electrons. The lowest BCUT2D eigenvalue weighted by molar-refractivity contribution is 0.621. The fraction of sp³-hybridized carbons (Fsp3) is 0. The zero-order valence-electron chi connectivity index (χ0n) is 6.45. The van der Waals surface area contributed by atoms with Gasteiger partial charge >= 0.3 is 0 Å². The molecule has 0 amide bonds. The highest BCUT2D eigenvalue weighted by Crippen LogP contribution is 2.19. The van der Waals surface area contributed by atoms with Crippen LogP contribution < -0.4 is 11.2 Å². The SMILES string of the molecule is Nc1oc2ccncc2c(=O)c1Br. The molecule has 0 radical (unpaired) electrons. The van der Waals surface area contributed by atoms with E-state index in [1.165, 1.54) is 6.20 Å². The summed E-state index contributed by atoms with van der Waals surface area (Å²) in [6.07, 6.45) is 2.99. The van der Waals surface area contributed by atoms with Gasteiger partial charge in [-0.1, -0.05) is 0 Å². The van der Waals surface area contributed by atoms with Gasteiger partial charge in [-0.3, -0.25) is 9.78 Å². The minimum atomic E-state index is -0.202. The van der Waals surface area contributed by atoms with Gasteiger partial charge in [0.2, 0.25) is 11.3 Å². The Morgan fingerprint density at radius 3 is 3.08 bits per heavy atom. The quantitative estimate of drug-likeness (QED) is 0.759. The fourth-order valence-electron chi connectivity index (χ4n) is 1.03. The van der Waals surface area contributed by atoms with Crippen LogP contribution in [0.3, 0.4) is 0 Å². The summed E-state index contributed by atoms with van der Waals surface area (Å²) in [5, 5.41) is 0.420. The zero-order valence-corrected chi connectivity index (χ0v) is 8.04. The molecule has 5 heteroatoms. The molecule has 0 saturated heterocycles. The number of nitrogen functional groups attached to an aromatic ring is 1. The predicted molar refractivity (Wildman–Crippen MR) is 52.4 cm³/mol. The van der Waals surface area contributed by atoms with Crippen LogP contribution in [0.4, 0.5) is 5.88 Å². The third-order valence-corrected chi connectivity index (χ3v) is 2.41. The summed E-state index contributed by atoms with van der Waals surface area (Å²) in [7, 11) is 0. The van der Waals surface area contributed by atoms with E-state index in [-0.39, 0.29) is 15.8 Å². The van der Waals surface area contributed by atoms with E-state index in [4.69, 9.17) is 10.2 Å². The Labute approximate surface area is 81.5 Å². The Hall–Kier alpha value is -1.36. The van der Waals surface area contributed by atoms with Crippen LogP contribution in [0.5, 0.6) is 0 Å². The maximum absolute atomic E-state index is 11.5. The summed E-state index contributed by atoms with van der Waals surface area (Å²) in [5.74, 6) is 0.0868. The Morgan fingerprint density at radius 1 is 1.54 bits per heavy atom. The van der Waals surface area contributed by atoms with Gasteiger partial charge in [-0.15, -0.1) is 0 Å². The van der Waals surface area contributed by atoms with Gasteiger partial charge in [0, 0.05) is 12.4 Å². The molecule has 0 fully saturated rings. The highest BCUT2D eigenvalue weighted by Gasteiger charge is 2.08. The lowest BCUT2D eigenvalue weighted by Gasteiger charge is -1.99. The van der Waals surface area contributed by atoms with Crippen LogP contribution in [0.2, 0.25) is 0 Å². The average molecular weight is 241 g/mol. The van der Waals surface area contributed by atoms with Crippen molar-refractivity contribution in [1.29, 1.82) is 0 Å². The number of rotatable bonds is 0. The van der Waals surface area contributed by atoms with E-state index in [2.05, 4.69) is 20.9 Å². The predicted octanol–water partition coefficient (Wildman–Crippen LogP) is 1.53. The first-order chi connectivity index (χ1) is 6.20. The van der Waals surface area contributed by atoms with Gasteiger partial charge < -0.3 is 10.2 Å². The molecule has 2 N–H and O–H groups in total. The molecule has 2 aromatic heterocycles. The summed E-state index contributed by atoms with van der Waals surface area (Å²) in [6.45, 7) is 0. The molecule has 0 aliphatic carbocycles. The molecule has 0 aliphatic rings. The first-order valence-corrected chi connectivity index (χ1v) is 4.31. The number of hydrogen-bond acceptors (Lipinski definition) is 4. The lowest BCUT2D eigenvalue weighted by Crippen LogP contribution is -2.05. The van der Waals surface area contributed by atoms with Crippen molar-refractivity contribution in [2.24, 2.45) is 0 Å². The van der Waals surface area contributed by atoms with Gasteiger partial charge in [0.25, 0.3) is 0 Å². The second-order valence-corrected chi connectivity index (χ2v) is 3.27. The Kier molecular flexibility index (Phi) is 1.81. The summed E-state index contributed by atoms with van der Waals surface area (Å²) in [5.41, 5.74) is 5.70. The van der Waals surface area contributed by atoms with Crippen LogP contribution in [0.1, 0.15) is 0 Å². The van der Waals surface area contributed by atoms with E-state index in [9.17, 15) is 4.79 Å². The van der Waals surface area contributed by atoms with Crippen molar-refractivity contribution in [2.75, 3.05) is 5.73 Å². The van der Waals surface area contributed by atoms with E-state index >= 15 is 0 Å². The molecular formula is C8H5BrN2O2. The molecule has 2 rings (SSSR count). The van der Waals surface area contributed by atoms with E-state index in [0.29, 0.717) is 11.0 Å². The van der Waals surface area contributed by atoms with Crippen molar-refractivity contribution in [2.45, 2.75) is 0 Å². The normalized spacial score (nSPS) is 10.5. The van der Waals surface area contributed by atoms with Gasteiger partial charge in [-0.25, -0.2) is 0 Å². The van der Waals surface area contributed by atoms with Gasteiger partial charge in [0.1, 0.15) is 10.1 Å². The highest BCUT2D eigenvalue weighted by molar-refractivity contribution is 9.10. The maximum atomic E-state index is 11.5. The first-order valence-electron chi connectivity index (χ1n) is 3.52. The van der Waals surface area contributed by atoms with Gasteiger partial charge in [0.05, 0.1) is 5.39 Å². The summed E-state index contributed by atoms with van der Waals surface area (Å²) < 4.78 is 5.41. The molecule has 0 unspecified atom stereocenters. The van der Waals surface area contributed by atoms with Crippen molar-refractivity contribution >= 4 is 32.8 Å². The fourth-order valence-corrected chi connectivity index (χ4v) is 1.33. The van der Waals surface area contributed by atoms with Crippen molar-refractivity contribution in [3.8, 4) is 0 Å². The first kappa shape index (κ1) is 8.25. The highest BCUT2D eigenvalue weighted by atomic mass is 79.9. The van der Waals surface area contributed by atoms with Crippen molar-refractivity contribution in [3.05, 3.63) is 33.2 Å². The second-order valence-electron chi connectivity index (χ2n) is 2.48. The lowest BCUT2D eigenvalue weighted by atomic mass is 10.3. The molecule has 0 aliphatic heterocycles. The molecule has 4 nitrogen and oxygen atoms in total.